The molecule has 0 radical (unpaired) electrons. The zero-order valence-electron chi connectivity index (χ0n) is 28.3. The van der Waals surface area contributed by atoms with Gasteiger partial charge in [0.15, 0.2) is 6.10 Å². The van der Waals surface area contributed by atoms with E-state index in [2.05, 4.69) is 38.3 Å². The van der Waals surface area contributed by atoms with Gasteiger partial charge >= 0.3 is 11.9 Å². The summed E-state index contributed by atoms with van der Waals surface area (Å²) >= 11 is 0. The second-order valence-electron chi connectivity index (χ2n) is 16.2. The topological polar surface area (TPSA) is 65.1 Å². The first-order valence-corrected chi connectivity index (χ1v) is 18.3. The van der Waals surface area contributed by atoms with Crippen molar-refractivity contribution in [2.45, 2.75) is 129 Å². The molecule has 7 nitrogen and oxygen atoms in total. The van der Waals surface area contributed by atoms with Gasteiger partial charge < -0.3 is 18.7 Å². The Labute approximate surface area is 267 Å². The van der Waals surface area contributed by atoms with Crippen LogP contribution in [-0.4, -0.2) is 91.6 Å². The molecule has 0 aromatic heterocycles. The quantitative estimate of drug-likeness (QED) is 0.186. The second-order valence-corrected chi connectivity index (χ2v) is 16.2. The van der Waals surface area contributed by atoms with Crippen LogP contribution in [0.25, 0.3) is 0 Å². The van der Waals surface area contributed by atoms with E-state index < -0.39 is 0 Å². The average molecular weight is 614 g/mol. The van der Waals surface area contributed by atoms with Crippen LogP contribution in [0, 0.1) is 34.5 Å². The van der Waals surface area contributed by atoms with E-state index in [1.165, 1.54) is 58.0 Å². The normalized spacial score (nSPS) is 43.6. The van der Waals surface area contributed by atoms with Gasteiger partial charge in [0.25, 0.3) is 0 Å². The maximum absolute atomic E-state index is 13.2. The summed E-state index contributed by atoms with van der Waals surface area (Å²) < 4.78 is 19.5. The lowest BCUT2D eigenvalue weighted by atomic mass is 9.44. The van der Waals surface area contributed by atoms with Crippen LogP contribution in [0.2, 0.25) is 0 Å². The number of hydrogen-bond donors (Lipinski definition) is 0. The van der Waals surface area contributed by atoms with Crippen molar-refractivity contribution in [3.05, 3.63) is 12.7 Å². The van der Waals surface area contributed by atoms with E-state index in [4.69, 9.17) is 14.2 Å². The van der Waals surface area contributed by atoms with Crippen LogP contribution in [0.5, 0.6) is 0 Å². The zero-order valence-corrected chi connectivity index (χ0v) is 28.3. The Balaban J connectivity index is 1.31. The monoisotopic (exact) mass is 613 g/mol. The fourth-order valence-corrected chi connectivity index (χ4v) is 12.0. The third kappa shape index (κ3) is 5.70. The number of nitrogens with zero attached hydrogens (tertiary/aromatic N) is 2. The number of esters is 2. The number of morpholine rings is 1. The first-order valence-electron chi connectivity index (χ1n) is 18.3. The van der Waals surface area contributed by atoms with Gasteiger partial charge in [-0.25, -0.2) is 0 Å². The van der Waals surface area contributed by atoms with Crippen molar-refractivity contribution in [3.8, 4) is 0 Å². The van der Waals surface area contributed by atoms with Gasteiger partial charge in [0, 0.05) is 44.3 Å². The van der Waals surface area contributed by atoms with E-state index in [0.29, 0.717) is 36.1 Å². The highest BCUT2D eigenvalue weighted by Crippen LogP contribution is 2.68. The Hall–Kier alpha value is -1.44. The van der Waals surface area contributed by atoms with Crippen molar-refractivity contribution < 1.29 is 28.3 Å². The highest BCUT2D eigenvalue weighted by atomic mass is 16.5. The molecule has 6 fully saturated rings. The Bertz CT molecular complexity index is 1050. The van der Waals surface area contributed by atoms with E-state index in [-0.39, 0.29) is 41.0 Å². The van der Waals surface area contributed by atoms with E-state index >= 15 is 0 Å². The molecule has 2 saturated heterocycles. The number of carbonyl (C=O) groups excluding carboxylic acids is 2. The lowest BCUT2D eigenvalue weighted by molar-refractivity contribution is -0.952. The molecular formula is C37H61N2O5+. The van der Waals surface area contributed by atoms with Crippen LogP contribution in [0.4, 0.5) is 0 Å². The number of piperidine rings is 1. The molecule has 5 unspecified atom stereocenters. The van der Waals surface area contributed by atoms with Crippen LogP contribution < -0.4 is 0 Å². The number of likely N-dealkylation sites (tertiary alicyclic amines) is 1. The van der Waals surface area contributed by atoms with Crippen LogP contribution in [-0.2, 0) is 23.8 Å². The molecule has 0 N–H and O–H groups in total. The Morgan fingerprint density at radius 1 is 1.00 bits per heavy atom. The predicted molar refractivity (Wildman–Crippen MR) is 172 cm³/mol. The molecule has 0 spiro atoms. The Kier molecular flexibility index (Phi) is 9.59. The molecule has 44 heavy (non-hydrogen) atoms. The molecule has 7 heteroatoms. The van der Waals surface area contributed by atoms with Crippen molar-refractivity contribution >= 4 is 11.9 Å². The average Bonchev–Trinajstić information content (AvgIpc) is 3.30. The number of ether oxygens (including phenoxy) is 3. The lowest BCUT2D eigenvalue weighted by Gasteiger charge is -2.62. The van der Waals surface area contributed by atoms with Crippen molar-refractivity contribution in [2.24, 2.45) is 34.5 Å². The van der Waals surface area contributed by atoms with Crippen molar-refractivity contribution in [1.29, 1.82) is 0 Å². The SMILES string of the molecule is C=CC[N+]1(C2C[C@H]3[C@@H]4CCC5CC(OC(C)=O)C(N6CCOCC6)C[C@]5(C)[C@@H]4CC[C@]3(C)C2OC(=O)CCC)CCCCC1. The molecule has 0 amide bonds. The third-order valence-electron chi connectivity index (χ3n) is 14.0. The molecule has 4 aliphatic carbocycles. The predicted octanol–water partition coefficient (Wildman–Crippen LogP) is 6.15. The summed E-state index contributed by atoms with van der Waals surface area (Å²) in [6.07, 6.45) is 15.4. The van der Waals surface area contributed by atoms with Gasteiger partial charge in [0.2, 0.25) is 0 Å². The number of hydrogen-bond acceptors (Lipinski definition) is 6. The standard InChI is InChI=1S/C37H61N2O5/c1-6-11-34(41)44-35-32(39(18-7-2)19-9-8-10-20-39)24-30-28-13-12-27-23-33(43-26(3)40)31(38-16-21-42-22-17-38)25-37(27,5)29(28)14-15-36(30,35)4/h7,27-33,35H,2,6,8-25H2,1,3-5H3/q+1/t27?,28-,29-,30+,31?,32?,33?,35?,36+,37+/m1/s1. The largest absolute Gasteiger partial charge is 0.461 e. The van der Waals surface area contributed by atoms with E-state index in [0.717, 1.165) is 63.0 Å². The van der Waals surface area contributed by atoms with Crippen LogP contribution in [0.15, 0.2) is 12.7 Å². The molecular weight excluding hydrogens is 552 g/mol. The molecule has 2 aliphatic heterocycles. The van der Waals surface area contributed by atoms with E-state index in [9.17, 15) is 9.59 Å². The van der Waals surface area contributed by atoms with Crippen LogP contribution in [0.1, 0.15) is 105 Å². The summed E-state index contributed by atoms with van der Waals surface area (Å²) in [5, 5.41) is 0. The van der Waals surface area contributed by atoms with Crippen molar-refractivity contribution in [3.63, 3.8) is 0 Å². The second kappa shape index (κ2) is 13.0. The first-order chi connectivity index (χ1) is 21.1. The Morgan fingerprint density at radius 2 is 1.75 bits per heavy atom. The summed E-state index contributed by atoms with van der Waals surface area (Å²) in [4.78, 5) is 28.0. The number of fused-ring (bicyclic) bond motifs is 5. The summed E-state index contributed by atoms with van der Waals surface area (Å²) in [6.45, 7) is 19.7. The summed E-state index contributed by atoms with van der Waals surface area (Å²) in [6, 6.07) is 0.638. The maximum atomic E-state index is 13.2. The first kappa shape index (κ1) is 32.5. The highest BCUT2D eigenvalue weighted by Gasteiger charge is 2.67. The molecule has 2 heterocycles. The summed E-state index contributed by atoms with van der Waals surface area (Å²) in [7, 11) is 0. The highest BCUT2D eigenvalue weighted by molar-refractivity contribution is 5.69. The van der Waals surface area contributed by atoms with Gasteiger partial charge in [-0.15, -0.1) is 0 Å². The van der Waals surface area contributed by atoms with Crippen molar-refractivity contribution in [1.82, 2.24) is 4.90 Å². The molecule has 0 aromatic carbocycles. The fraction of sp³-hybridized carbons (Fsp3) is 0.892. The summed E-state index contributed by atoms with van der Waals surface area (Å²) in [5.74, 6) is 2.37. The summed E-state index contributed by atoms with van der Waals surface area (Å²) in [5.41, 5.74) is 0.260. The molecule has 10 atom stereocenters. The maximum Gasteiger partial charge on any atom is 0.306 e. The molecule has 248 valence electrons. The molecule has 0 bridgehead atoms. The lowest BCUT2D eigenvalue weighted by Crippen LogP contribution is -2.63. The molecule has 0 aromatic rings. The van der Waals surface area contributed by atoms with E-state index in [1.54, 1.807) is 6.92 Å². The Morgan fingerprint density at radius 3 is 2.43 bits per heavy atom. The van der Waals surface area contributed by atoms with Gasteiger partial charge in [-0.2, -0.15) is 0 Å². The van der Waals surface area contributed by atoms with Crippen LogP contribution in [0.3, 0.4) is 0 Å². The fourth-order valence-electron chi connectivity index (χ4n) is 12.0. The minimum absolute atomic E-state index is 0.00289. The van der Waals surface area contributed by atoms with Crippen molar-refractivity contribution in [2.75, 3.05) is 45.9 Å². The van der Waals surface area contributed by atoms with Gasteiger partial charge in [-0.05, 0) is 99.4 Å². The molecule has 6 rings (SSSR count). The number of carbonyl (C=O) groups is 2. The minimum atomic E-state index is -0.145. The van der Waals surface area contributed by atoms with Gasteiger partial charge in [0.1, 0.15) is 12.1 Å². The molecule has 6 aliphatic rings. The number of quaternary nitrogens is 1. The van der Waals surface area contributed by atoms with Gasteiger partial charge in [-0.1, -0.05) is 27.4 Å². The zero-order chi connectivity index (χ0) is 31.1. The van der Waals surface area contributed by atoms with Gasteiger partial charge in [0.05, 0.1) is 32.8 Å². The van der Waals surface area contributed by atoms with E-state index in [1.807, 2.05) is 0 Å². The minimum Gasteiger partial charge on any atom is -0.461 e. The number of rotatable bonds is 8. The molecule has 4 saturated carbocycles. The van der Waals surface area contributed by atoms with Gasteiger partial charge in [-0.3, -0.25) is 14.5 Å². The third-order valence-corrected chi connectivity index (χ3v) is 14.0. The smallest absolute Gasteiger partial charge is 0.306 e. The van der Waals surface area contributed by atoms with Crippen LogP contribution >= 0.6 is 0 Å².